The Labute approximate surface area is 194 Å². The summed E-state index contributed by atoms with van der Waals surface area (Å²) in [4.78, 5) is 25.6. The molecule has 1 aromatic heterocycles. The van der Waals surface area contributed by atoms with Crippen LogP contribution in [0.2, 0.25) is 5.02 Å². The average Bonchev–Trinajstić information content (AvgIpc) is 3.19. The Bertz CT molecular complexity index is 1260. The van der Waals surface area contributed by atoms with Crippen molar-refractivity contribution in [2.24, 2.45) is 7.05 Å². The molecular formula is C24H19ClN4O2S. The molecule has 4 rings (SSSR count). The number of hydrogen-bond donors (Lipinski definition) is 1. The molecule has 8 heteroatoms. The van der Waals surface area contributed by atoms with Crippen LogP contribution in [0.5, 0.6) is 0 Å². The highest BCUT2D eigenvalue weighted by Crippen LogP contribution is 2.25. The molecule has 0 saturated carbocycles. The van der Waals surface area contributed by atoms with Gasteiger partial charge in [0.05, 0.1) is 11.4 Å². The van der Waals surface area contributed by atoms with Crippen molar-refractivity contribution >= 4 is 40.7 Å². The number of rotatable bonds is 7. The molecule has 1 amide bonds. The van der Waals surface area contributed by atoms with E-state index < -0.39 is 0 Å². The highest BCUT2D eigenvalue weighted by atomic mass is 35.5. The molecule has 4 aromatic rings. The molecule has 0 aliphatic carbocycles. The summed E-state index contributed by atoms with van der Waals surface area (Å²) in [6.45, 7) is 0. The number of anilines is 1. The number of nitrogens with zero attached hydrogens (tertiary/aromatic N) is 3. The Hall–Kier alpha value is -3.42. The van der Waals surface area contributed by atoms with Crippen LogP contribution in [0.1, 0.15) is 15.9 Å². The maximum atomic E-state index is 12.9. The van der Waals surface area contributed by atoms with Crippen LogP contribution in [0.15, 0.2) is 84.0 Å². The smallest absolute Gasteiger partial charge is 0.234 e. The fourth-order valence-corrected chi connectivity index (χ4v) is 4.04. The van der Waals surface area contributed by atoms with Crippen molar-refractivity contribution in [2.45, 2.75) is 5.16 Å². The van der Waals surface area contributed by atoms with Gasteiger partial charge in [-0.15, -0.1) is 10.2 Å². The van der Waals surface area contributed by atoms with Gasteiger partial charge in [0.25, 0.3) is 0 Å². The Balaban J connectivity index is 1.46. The van der Waals surface area contributed by atoms with Crippen LogP contribution in [0, 0.1) is 0 Å². The predicted molar refractivity (Wildman–Crippen MR) is 127 cm³/mol. The van der Waals surface area contributed by atoms with Gasteiger partial charge in [0, 0.05) is 28.8 Å². The zero-order valence-corrected chi connectivity index (χ0v) is 18.7. The molecule has 160 valence electrons. The standard InChI is InChI=1S/C24H19ClN4O2S/c1-29-23(17-10-6-3-7-11-17)27-28-24(29)32-15-21(30)26-20-13-12-18(25)14-19(20)22(31)16-8-4-2-5-9-16/h2-14H,15H2,1H3,(H,26,30). The minimum atomic E-state index is -0.260. The molecule has 6 nitrogen and oxygen atoms in total. The lowest BCUT2D eigenvalue weighted by atomic mass is 10.0. The second-order valence-corrected chi connectivity index (χ2v) is 8.33. The summed E-state index contributed by atoms with van der Waals surface area (Å²) in [6.07, 6.45) is 0. The second-order valence-electron chi connectivity index (χ2n) is 6.95. The monoisotopic (exact) mass is 462 g/mol. The summed E-state index contributed by atoms with van der Waals surface area (Å²) in [6, 6.07) is 23.4. The molecule has 0 atom stereocenters. The minimum Gasteiger partial charge on any atom is -0.325 e. The van der Waals surface area contributed by atoms with Crippen molar-refractivity contribution in [2.75, 3.05) is 11.1 Å². The number of carbonyl (C=O) groups excluding carboxylic acids is 2. The van der Waals surface area contributed by atoms with Gasteiger partial charge < -0.3 is 9.88 Å². The topological polar surface area (TPSA) is 76.9 Å². The molecule has 0 saturated heterocycles. The van der Waals surface area contributed by atoms with Gasteiger partial charge in [-0.2, -0.15) is 0 Å². The van der Waals surface area contributed by atoms with Gasteiger partial charge in [-0.25, -0.2) is 0 Å². The molecule has 3 aromatic carbocycles. The minimum absolute atomic E-state index is 0.113. The average molecular weight is 463 g/mol. The highest BCUT2D eigenvalue weighted by Gasteiger charge is 2.17. The summed E-state index contributed by atoms with van der Waals surface area (Å²) in [5, 5.41) is 12.3. The van der Waals surface area contributed by atoms with Crippen LogP contribution < -0.4 is 5.32 Å². The van der Waals surface area contributed by atoms with Crippen LogP contribution >= 0.6 is 23.4 Å². The number of aromatic nitrogens is 3. The van der Waals surface area contributed by atoms with Crippen LogP contribution in [-0.2, 0) is 11.8 Å². The number of halogens is 1. The number of hydrogen-bond acceptors (Lipinski definition) is 5. The van der Waals surface area contributed by atoms with E-state index in [2.05, 4.69) is 15.5 Å². The van der Waals surface area contributed by atoms with E-state index in [4.69, 9.17) is 11.6 Å². The third-order valence-corrected chi connectivity index (χ3v) is 5.99. The van der Waals surface area contributed by atoms with Gasteiger partial charge in [-0.3, -0.25) is 9.59 Å². The number of ketones is 1. The summed E-state index contributed by atoms with van der Waals surface area (Å²) < 4.78 is 1.85. The van der Waals surface area contributed by atoms with Crippen LogP contribution in [-0.4, -0.2) is 32.2 Å². The third-order valence-electron chi connectivity index (χ3n) is 4.74. The Morgan fingerprint density at radius 2 is 1.66 bits per heavy atom. The quantitative estimate of drug-likeness (QED) is 0.305. The van der Waals surface area contributed by atoms with E-state index >= 15 is 0 Å². The van der Waals surface area contributed by atoms with E-state index in [0.29, 0.717) is 27.0 Å². The predicted octanol–water partition coefficient (Wildman–Crippen LogP) is 5.10. The van der Waals surface area contributed by atoms with Crippen molar-refractivity contribution in [3.63, 3.8) is 0 Å². The van der Waals surface area contributed by atoms with Crippen LogP contribution in [0.25, 0.3) is 11.4 Å². The van der Waals surface area contributed by atoms with E-state index in [0.717, 1.165) is 11.4 Å². The fraction of sp³-hybridized carbons (Fsp3) is 0.0833. The first-order valence-corrected chi connectivity index (χ1v) is 11.2. The normalized spacial score (nSPS) is 10.7. The highest BCUT2D eigenvalue weighted by molar-refractivity contribution is 7.99. The lowest BCUT2D eigenvalue weighted by molar-refractivity contribution is -0.113. The Kier molecular flexibility index (Phi) is 6.68. The van der Waals surface area contributed by atoms with Crippen LogP contribution in [0.3, 0.4) is 0 Å². The van der Waals surface area contributed by atoms with E-state index in [1.54, 1.807) is 42.5 Å². The summed E-state index contributed by atoms with van der Waals surface area (Å²) in [7, 11) is 1.86. The van der Waals surface area contributed by atoms with Gasteiger partial charge in [-0.1, -0.05) is 84.0 Å². The summed E-state index contributed by atoms with van der Waals surface area (Å²) in [5.41, 5.74) is 2.22. The van der Waals surface area contributed by atoms with Crippen molar-refractivity contribution in [1.29, 1.82) is 0 Å². The first kappa shape index (κ1) is 21.8. The number of carbonyl (C=O) groups is 2. The van der Waals surface area contributed by atoms with Gasteiger partial charge in [0.2, 0.25) is 5.91 Å². The fourth-order valence-electron chi connectivity index (χ4n) is 3.15. The number of thioether (sulfide) groups is 1. The van der Waals surface area contributed by atoms with Crippen molar-refractivity contribution in [3.05, 3.63) is 95.0 Å². The van der Waals surface area contributed by atoms with Crippen molar-refractivity contribution < 1.29 is 9.59 Å². The molecule has 1 heterocycles. The molecular weight excluding hydrogens is 444 g/mol. The molecule has 0 bridgehead atoms. The van der Waals surface area contributed by atoms with Gasteiger partial charge in [-0.05, 0) is 18.2 Å². The second kappa shape index (κ2) is 9.80. The zero-order chi connectivity index (χ0) is 22.5. The van der Waals surface area contributed by atoms with Crippen molar-refractivity contribution in [1.82, 2.24) is 14.8 Å². The number of nitrogens with one attached hydrogen (secondary N) is 1. The maximum absolute atomic E-state index is 12.9. The molecule has 0 spiro atoms. The maximum Gasteiger partial charge on any atom is 0.234 e. The molecule has 0 aliphatic rings. The van der Waals surface area contributed by atoms with Crippen molar-refractivity contribution in [3.8, 4) is 11.4 Å². The third kappa shape index (κ3) is 4.90. The Morgan fingerprint density at radius 1 is 0.969 bits per heavy atom. The molecule has 0 unspecified atom stereocenters. The number of benzene rings is 3. The summed E-state index contributed by atoms with van der Waals surface area (Å²) >= 11 is 7.38. The van der Waals surface area contributed by atoms with Gasteiger partial charge in [0.1, 0.15) is 0 Å². The molecule has 0 aliphatic heterocycles. The molecule has 0 fully saturated rings. The largest absolute Gasteiger partial charge is 0.325 e. The molecule has 32 heavy (non-hydrogen) atoms. The first-order valence-electron chi connectivity index (χ1n) is 9.79. The van der Waals surface area contributed by atoms with Gasteiger partial charge >= 0.3 is 0 Å². The van der Waals surface area contributed by atoms with E-state index in [1.807, 2.05) is 48.0 Å². The van der Waals surface area contributed by atoms with E-state index in [-0.39, 0.29) is 17.4 Å². The Morgan fingerprint density at radius 3 is 2.38 bits per heavy atom. The summed E-state index contributed by atoms with van der Waals surface area (Å²) in [5.74, 6) is 0.366. The molecule has 0 radical (unpaired) electrons. The first-order chi connectivity index (χ1) is 15.5. The lowest BCUT2D eigenvalue weighted by Gasteiger charge is -2.11. The van der Waals surface area contributed by atoms with E-state index in [9.17, 15) is 9.59 Å². The SMILES string of the molecule is Cn1c(SCC(=O)Nc2ccc(Cl)cc2C(=O)c2ccccc2)nnc1-c1ccccc1. The van der Waals surface area contributed by atoms with Crippen LogP contribution in [0.4, 0.5) is 5.69 Å². The molecule has 1 N–H and O–H groups in total. The van der Waals surface area contributed by atoms with E-state index in [1.165, 1.54) is 11.8 Å². The number of amides is 1. The van der Waals surface area contributed by atoms with Gasteiger partial charge in [0.15, 0.2) is 16.8 Å². The zero-order valence-electron chi connectivity index (χ0n) is 17.2. The lowest BCUT2D eigenvalue weighted by Crippen LogP contribution is -2.17.